The number of benzene rings is 2. The lowest BCUT2D eigenvalue weighted by Gasteiger charge is -2.05. The van der Waals surface area contributed by atoms with Crippen molar-refractivity contribution < 1.29 is 4.79 Å². The van der Waals surface area contributed by atoms with Gasteiger partial charge in [-0.25, -0.2) is 4.99 Å². The zero-order valence-electron chi connectivity index (χ0n) is 14.9. The highest BCUT2D eigenvalue weighted by Gasteiger charge is 2.28. The molecule has 0 saturated heterocycles. The van der Waals surface area contributed by atoms with Gasteiger partial charge in [0.05, 0.1) is 34.4 Å². The second-order valence-electron chi connectivity index (χ2n) is 7.38. The Balaban J connectivity index is 1.77. The lowest BCUT2D eigenvalue weighted by atomic mass is 10.0. The Kier molecular flexibility index (Phi) is 3.32. The third-order valence-corrected chi connectivity index (χ3v) is 5.23. The van der Waals surface area contributed by atoms with Gasteiger partial charge in [0.15, 0.2) is 0 Å². The number of carbonyl (C=O) groups excluding carboxylic acids is 1. The Morgan fingerprint density at radius 1 is 1.15 bits per heavy atom. The van der Waals surface area contributed by atoms with Gasteiger partial charge in [-0.3, -0.25) is 14.5 Å². The minimum absolute atomic E-state index is 0.0576. The quantitative estimate of drug-likeness (QED) is 0.718. The van der Waals surface area contributed by atoms with Crippen LogP contribution in [0.25, 0.3) is 22.0 Å². The maximum Gasteiger partial charge on any atom is 0.248 e. The molecular weight excluding hydrogens is 324 g/mol. The minimum atomic E-state index is -0.101. The molecular formula is C21H20N4O. The standard InChI is InChI=1S/C21H20N4O/c1-12-10-19(26)23-17-5-3-4-15(21(17)22-12)14-8-9-18-16(11-14)20(13-6-7-13)24-25(18)2/h3-5,8-9,11-13H,6-7,10H2,1-2H3/t12-/m1/s1. The molecule has 3 aromatic rings. The van der Waals surface area contributed by atoms with Gasteiger partial charge in [-0.1, -0.05) is 18.2 Å². The van der Waals surface area contributed by atoms with Crippen LogP contribution in [0.2, 0.25) is 0 Å². The SMILES string of the molecule is C[C@@H]1CC(=O)N=c2cccc(-c3ccc4c(c3)c(C3CC3)nn4C)c2=N1. The van der Waals surface area contributed by atoms with Crippen molar-refractivity contribution in [1.29, 1.82) is 0 Å². The maximum atomic E-state index is 12.0. The lowest BCUT2D eigenvalue weighted by Crippen LogP contribution is -2.27. The van der Waals surface area contributed by atoms with E-state index in [9.17, 15) is 4.79 Å². The van der Waals surface area contributed by atoms with Crippen LogP contribution in [0.5, 0.6) is 0 Å². The first-order valence-electron chi connectivity index (χ1n) is 9.15. The van der Waals surface area contributed by atoms with Crippen molar-refractivity contribution >= 4 is 16.8 Å². The Bertz CT molecular complexity index is 1170. The molecule has 0 spiro atoms. The molecule has 1 aliphatic heterocycles. The fraction of sp³-hybridized carbons (Fsp3) is 0.333. The highest BCUT2D eigenvalue weighted by atomic mass is 16.1. The predicted octanol–water partition coefficient (Wildman–Crippen LogP) is 2.68. The molecule has 0 radical (unpaired) electrons. The van der Waals surface area contributed by atoms with E-state index in [2.05, 4.69) is 29.3 Å². The van der Waals surface area contributed by atoms with Gasteiger partial charge < -0.3 is 0 Å². The number of hydrogen-bond donors (Lipinski definition) is 0. The lowest BCUT2D eigenvalue weighted by molar-refractivity contribution is -0.118. The predicted molar refractivity (Wildman–Crippen MR) is 99.5 cm³/mol. The number of aryl methyl sites for hydroxylation is 1. The van der Waals surface area contributed by atoms with Crippen molar-refractivity contribution in [2.75, 3.05) is 0 Å². The number of fused-ring (bicyclic) bond motifs is 2. The first-order chi connectivity index (χ1) is 12.6. The molecule has 5 heteroatoms. The molecule has 5 nitrogen and oxygen atoms in total. The third-order valence-electron chi connectivity index (χ3n) is 5.23. The van der Waals surface area contributed by atoms with Crippen molar-refractivity contribution in [2.24, 2.45) is 17.0 Å². The second-order valence-corrected chi connectivity index (χ2v) is 7.38. The molecule has 2 aromatic carbocycles. The Labute approximate surface area is 151 Å². The molecule has 130 valence electrons. The van der Waals surface area contributed by atoms with Crippen LogP contribution in [0.15, 0.2) is 46.4 Å². The van der Waals surface area contributed by atoms with Crippen molar-refractivity contribution in [3.63, 3.8) is 0 Å². The molecule has 1 aliphatic carbocycles. The summed E-state index contributed by atoms with van der Waals surface area (Å²) >= 11 is 0. The molecule has 1 amide bonds. The zero-order chi connectivity index (χ0) is 17.8. The largest absolute Gasteiger partial charge is 0.279 e. The van der Waals surface area contributed by atoms with Crippen molar-refractivity contribution in [3.05, 3.63) is 52.8 Å². The van der Waals surface area contributed by atoms with Crippen LogP contribution in [0.4, 0.5) is 0 Å². The topological polar surface area (TPSA) is 59.6 Å². The number of nitrogens with zero attached hydrogens (tertiary/aromatic N) is 4. The van der Waals surface area contributed by atoms with Gasteiger partial charge in [0.1, 0.15) is 0 Å². The molecule has 1 fully saturated rings. The molecule has 2 aliphatic rings. The highest BCUT2D eigenvalue weighted by molar-refractivity contribution is 5.88. The summed E-state index contributed by atoms with van der Waals surface area (Å²) in [4.78, 5) is 21.0. The molecule has 1 aromatic heterocycles. The molecule has 0 bridgehead atoms. The monoisotopic (exact) mass is 344 g/mol. The number of aromatic nitrogens is 2. The first-order valence-corrected chi connectivity index (χ1v) is 9.15. The van der Waals surface area contributed by atoms with E-state index in [4.69, 9.17) is 10.1 Å². The van der Waals surface area contributed by atoms with Gasteiger partial charge in [0.2, 0.25) is 5.91 Å². The minimum Gasteiger partial charge on any atom is -0.279 e. The van der Waals surface area contributed by atoms with Gasteiger partial charge in [-0.05, 0) is 43.5 Å². The van der Waals surface area contributed by atoms with Gasteiger partial charge in [-0.2, -0.15) is 5.10 Å². The summed E-state index contributed by atoms with van der Waals surface area (Å²) in [6.07, 6.45) is 2.82. The zero-order valence-corrected chi connectivity index (χ0v) is 14.9. The fourth-order valence-corrected chi connectivity index (χ4v) is 3.81. The van der Waals surface area contributed by atoms with Gasteiger partial charge in [0, 0.05) is 23.9 Å². The van der Waals surface area contributed by atoms with Crippen LogP contribution in [0, 0.1) is 0 Å². The van der Waals surface area contributed by atoms with Crippen LogP contribution in [0.1, 0.15) is 37.8 Å². The normalized spacial score (nSPS) is 19.6. The highest BCUT2D eigenvalue weighted by Crippen LogP contribution is 2.42. The van der Waals surface area contributed by atoms with Gasteiger partial charge in [-0.15, -0.1) is 0 Å². The van der Waals surface area contributed by atoms with E-state index in [0.29, 0.717) is 17.7 Å². The summed E-state index contributed by atoms with van der Waals surface area (Å²) in [5, 5.41) is 7.46. The fourth-order valence-electron chi connectivity index (χ4n) is 3.81. The molecule has 26 heavy (non-hydrogen) atoms. The molecule has 1 atom stereocenters. The second kappa shape index (κ2) is 5.59. The molecule has 0 N–H and O–H groups in total. The van der Waals surface area contributed by atoms with E-state index in [1.807, 2.05) is 30.8 Å². The molecule has 5 rings (SSSR count). The number of rotatable bonds is 2. The van der Waals surface area contributed by atoms with Crippen LogP contribution in [-0.2, 0) is 11.8 Å². The van der Waals surface area contributed by atoms with Crippen LogP contribution in [-0.4, -0.2) is 21.7 Å². The maximum absolute atomic E-state index is 12.0. The van der Waals surface area contributed by atoms with Crippen molar-refractivity contribution in [2.45, 2.75) is 38.1 Å². The number of amides is 1. The summed E-state index contributed by atoms with van der Waals surface area (Å²) < 4.78 is 1.97. The average Bonchev–Trinajstić information content (AvgIpc) is 3.41. The van der Waals surface area contributed by atoms with E-state index in [-0.39, 0.29) is 11.9 Å². The van der Waals surface area contributed by atoms with E-state index in [1.165, 1.54) is 23.9 Å². The summed E-state index contributed by atoms with van der Waals surface area (Å²) in [5.41, 5.74) is 4.49. The van der Waals surface area contributed by atoms with Crippen LogP contribution < -0.4 is 10.7 Å². The molecule has 0 unspecified atom stereocenters. The number of para-hydroxylation sites is 1. The van der Waals surface area contributed by atoms with E-state index < -0.39 is 0 Å². The van der Waals surface area contributed by atoms with Crippen LogP contribution >= 0.6 is 0 Å². The number of carbonyl (C=O) groups is 1. The van der Waals surface area contributed by atoms with Crippen LogP contribution in [0.3, 0.4) is 0 Å². The van der Waals surface area contributed by atoms with Crippen molar-refractivity contribution in [1.82, 2.24) is 9.78 Å². The summed E-state index contributed by atoms with van der Waals surface area (Å²) in [5.74, 6) is 0.495. The van der Waals surface area contributed by atoms with Gasteiger partial charge in [0.25, 0.3) is 0 Å². The first kappa shape index (κ1) is 15.4. The summed E-state index contributed by atoms with van der Waals surface area (Å²) in [6.45, 7) is 1.97. The van der Waals surface area contributed by atoms with Crippen molar-refractivity contribution in [3.8, 4) is 11.1 Å². The van der Waals surface area contributed by atoms with E-state index >= 15 is 0 Å². The van der Waals surface area contributed by atoms with E-state index in [0.717, 1.165) is 22.0 Å². The Hall–Kier alpha value is -2.82. The molecule has 2 heterocycles. The third kappa shape index (κ3) is 2.46. The van der Waals surface area contributed by atoms with E-state index in [1.54, 1.807) is 0 Å². The van der Waals surface area contributed by atoms with Gasteiger partial charge >= 0.3 is 0 Å². The summed E-state index contributed by atoms with van der Waals surface area (Å²) in [7, 11) is 2.00. The molecule has 1 saturated carbocycles. The summed E-state index contributed by atoms with van der Waals surface area (Å²) in [6, 6.07) is 12.3. The Morgan fingerprint density at radius 3 is 2.81 bits per heavy atom. The number of hydrogen-bond acceptors (Lipinski definition) is 3. The average molecular weight is 344 g/mol. The smallest absolute Gasteiger partial charge is 0.248 e. The Morgan fingerprint density at radius 2 is 2.00 bits per heavy atom.